The molecule has 1 aliphatic heterocycles. The Balaban J connectivity index is 1.44. The second-order valence-corrected chi connectivity index (χ2v) is 6.01. The van der Waals surface area contributed by atoms with E-state index in [0.717, 1.165) is 39.0 Å². The SMILES string of the molecule is Cc1noc(CN2CCN([C@@H](C)C(=O)NC3CC3)CC2)n1. The molecule has 2 fully saturated rings. The van der Waals surface area contributed by atoms with Crippen LogP contribution in [0.25, 0.3) is 0 Å². The van der Waals surface area contributed by atoms with E-state index in [2.05, 4.69) is 25.3 Å². The van der Waals surface area contributed by atoms with Crippen molar-refractivity contribution < 1.29 is 9.32 Å². The first-order valence-corrected chi connectivity index (χ1v) is 7.68. The molecule has 1 saturated carbocycles. The van der Waals surface area contributed by atoms with E-state index in [9.17, 15) is 4.79 Å². The highest BCUT2D eigenvalue weighted by Gasteiger charge is 2.30. The van der Waals surface area contributed by atoms with Gasteiger partial charge in [-0.15, -0.1) is 0 Å². The summed E-state index contributed by atoms with van der Waals surface area (Å²) < 4.78 is 5.15. The zero-order chi connectivity index (χ0) is 14.8. The predicted molar refractivity (Wildman–Crippen MR) is 76.5 cm³/mol. The van der Waals surface area contributed by atoms with Crippen molar-refractivity contribution in [1.82, 2.24) is 25.3 Å². The maximum absolute atomic E-state index is 12.1. The van der Waals surface area contributed by atoms with Crippen LogP contribution < -0.4 is 5.32 Å². The van der Waals surface area contributed by atoms with Crippen LogP contribution >= 0.6 is 0 Å². The molecule has 1 saturated heterocycles. The molecule has 1 aromatic heterocycles. The Kier molecular flexibility index (Phi) is 4.21. The molecule has 1 atom stereocenters. The molecular weight excluding hydrogens is 270 g/mol. The van der Waals surface area contributed by atoms with Crippen molar-refractivity contribution in [3.05, 3.63) is 11.7 Å². The molecule has 1 N–H and O–H groups in total. The highest BCUT2D eigenvalue weighted by atomic mass is 16.5. The predicted octanol–water partition coefficient (Wildman–Crippen LogP) is 0.163. The molecule has 1 aliphatic carbocycles. The molecule has 0 spiro atoms. The highest BCUT2D eigenvalue weighted by molar-refractivity contribution is 5.81. The highest BCUT2D eigenvalue weighted by Crippen LogP contribution is 2.19. The molecule has 1 aromatic rings. The lowest BCUT2D eigenvalue weighted by Crippen LogP contribution is -2.53. The third kappa shape index (κ3) is 3.79. The van der Waals surface area contributed by atoms with Gasteiger partial charge in [-0.3, -0.25) is 14.6 Å². The van der Waals surface area contributed by atoms with Crippen LogP contribution in [0.15, 0.2) is 4.52 Å². The minimum absolute atomic E-state index is 0.0431. The molecule has 0 bridgehead atoms. The van der Waals surface area contributed by atoms with E-state index >= 15 is 0 Å². The van der Waals surface area contributed by atoms with Crippen LogP contribution in [-0.4, -0.2) is 64.1 Å². The summed E-state index contributed by atoms with van der Waals surface area (Å²) in [5.41, 5.74) is 0. The van der Waals surface area contributed by atoms with Gasteiger partial charge in [-0.25, -0.2) is 0 Å². The van der Waals surface area contributed by atoms with Crippen LogP contribution in [0.1, 0.15) is 31.5 Å². The lowest BCUT2D eigenvalue weighted by molar-refractivity contribution is -0.126. The Bertz CT molecular complexity index is 491. The standard InChI is InChI=1S/C14H23N5O2/c1-10(14(20)16-12-3-4-12)19-7-5-18(6-8-19)9-13-15-11(2)17-21-13/h10,12H,3-9H2,1-2H3,(H,16,20)/t10-/m0/s1. The number of carbonyl (C=O) groups excluding carboxylic acids is 1. The van der Waals surface area contributed by atoms with Crippen LogP contribution in [0, 0.1) is 6.92 Å². The Morgan fingerprint density at radius 3 is 2.67 bits per heavy atom. The van der Waals surface area contributed by atoms with Crippen molar-refractivity contribution in [2.75, 3.05) is 26.2 Å². The molecule has 21 heavy (non-hydrogen) atoms. The van der Waals surface area contributed by atoms with Gasteiger partial charge in [0.05, 0.1) is 12.6 Å². The molecule has 7 nitrogen and oxygen atoms in total. The van der Waals surface area contributed by atoms with Crippen molar-refractivity contribution in [1.29, 1.82) is 0 Å². The molecule has 2 aliphatic rings. The van der Waals surface area contributed by atoms with E-state index in [1.165, 1.54) is 0 Å². The number of nitrogens with one attached hydrogen (secondary N) is 1. The van der Waals surface area contributed by atoms with E-state index in [0.29, 0.717) is 24.3 Å². The second kappa shape index (κ2) is 6.11. The third-order valence-electron chi connectivity index (χ3n) is 4.19. The normalized spacial score (nSPS) is 22.2. The molecule has 0 radical (unpaired) electrons. The Morgan fingerprint density at radius 1 is 1.38 bits per heavy atom. The van der Waals surface area contributed by atoms with Crippen LogP contribution in [0.2, 0.25) is 0 Å². The summed E-state index contributed by atoms with van der Waals surface area (Å²) in [4.78, 5) is 20.8. The third-order valence-corrected chi connectivity index (χ3v) is 4.19. The van der Waals surface area contributed by atoms with Gasteiger partial charge < -0.3 is 9.84 Å². The van der Waals surface area contributed by atoms with Crippen molar-refractivity contribution in [3.8, 4) is 0 Å². The Hall–Kier alpha value is -1.47. The largest absolute Gasteiger partial charge is 0.352 e. The van der Waals surface area contributed by atoms with Crippen LogP contribution in [0.5, 0.6) is 0 Å². The fourth-order valence-corrected chi connectivity index (χ4v) is 2.62. The van der Waals surface area contributed by atoms with E-state index in [1.54, 1.807) is 0 Å². The van der Waals surface area contributed by atoms with Gasteiger partial charge in [-0.05, 0) is 26.7 Å². The summed E-state index contributed by atoms with van der Waals surface area (Å²) in [7, 11) is 0. The first-order valence-electron chi connectivity index (χ1n) is 7.68. The van der Waals surface area contributed by atoms with Gasteiger partial charge in [-0.1, -0.05) is 5.16 Å². The minimum atomic E-state index is -0.0431. The van der Waals surface area contributed by atoms with Crippen LogP contribution in [0.4, 0.5) is 0 Å². The van der Waals surface area contributed by atoms with Gasteiger partial charge >= 0.3 is 0 Å². The number of aromatic nitrogens is 2. The Labute approximate surface area is 124 Å². The van der Waals surface area contributed by atoms with Gasteiger partial charge in [0.1, 0.15) is 0 Å². The summed E-state index contributed by atoms with van der Waals surface area (Å²) in [6.45, 7) is 8.14. The number of hydrogen-bond acceptors (Lipinski definition) is 6. The second-order valence-electron chi connectivity index (χ2n) is 6.01. The summed E-state index contributed by atoms with van der Waals surface area (Å²) >= 11 is 0. The molecule has 1 amide bonds. The molecule has 3 rings (SSSR count). The molecule has 7 heteroatoms. The molecule has 0 unspecified atom stereocenters. The zero-order valence-electron chi connectivity index (χ0n) is 12.7. The van der Waals surface area contributed by atoms with E-state index < -0.39 is 0 Å². The summed E-state index contributed by atoms with van der Waals surface area (Å²) in [6, 6.07) is 0.389. The first kappa shape index (κ1) is 14.5. The first-order chi connectivity index (χ1) is 10.1. The molecule has 2 heterocycles. The quantitative estimate of drug-likeness (QED) is 0.834. The van der Waals surface area contributed by atoms with Gasteiger partial charge in [0, 0.05) is 32.2 Å². The molecule has 116 valence electrons. The fraction of sp³-hybridized carbons (Fsp3) is 0.786. The number of rotatable bonds is 5. The minimum Gasteiger partial charge on any atom is -0.352 e. The Morgan fingerprint density at radius 2 is 2.10 bits per heavy atom. The summed E-state index contributed by atoms with van der Waals surface area (Å²) in [5, 5.41) is 6.88. The van der Waals surface area contributed by atoms with Gasteiger partial charge in [0.25, 0.3) is 0 Å². The smallest absolute Gasteiger partial charge is 0.240 e. The average molecular weight is 293 g/mol. The van der Waals surface area contributed by atoms with Gasteiger partial charge in [-0.2, -0.15) is 4.98 Å². The average Bonchev–Trinajstić information content (AvgIpc) is 3.20. The maximum Gasteiger partial charge on any atom is 0.240 e. The van der Waals surface area contributed by atoms with Crippen LogP contribution in [-0.2, 0) is 11.3 Å². The number of hydrogen-bond donors (Lipinski definition) is 1. The van der Waals surface area contributed by atoms with Crippen LogP contribution in [0.3, 0.4) is 0 Å². The van der Waals surface area contributed by atoms with Gasteiger partial charge in [0.15, 0.2) is 5.82 Å². The lowest BCUT2D eigenvalue weighted by Gasteiger charge is -2.36. The number of piperazine rings is 1. The summed E-state index contributed by atoms with van der Waals surface area (Å²) in [6.07, 6.45) is 2.27. The monoisotopic (exact) mass is 293 g/mol. The lowest BCUT2D eigenvalue weighted by atomic mass is 10.2. The molecular formula is C14H23N5O2. The zero-order valence-corrected chi connectivity index (χ0v) is 12.7. The van der Waals surface area contributed by atoms with Gasteiger partial charge in [0.2, 0.25) is 11.8 Å². The number of nitrogens with zero attached hydrogens (tertiary/aromatic N) is 4. The van der Waals surface area contributed by atoms with E-state index in [4.69, 9.17) is 4.52 Å². The van der Waals surface area contributed by atoms with E-state index in [1.807, 2.05) is 13.8 Å². The topological polar surface area (TPSA) is 74.5 Å². The number of aryl methyl sites for hydroxylation is 1. The fourth-order valence-electron chi connectivity index (χ4n) is 2.62. The van der Waals surface area contributed by atoms with Crippen molar-refractivity contribution >= 4 is 5.91 Å². The van der Waals surface area contributed by atoms with Crippen molar-refractivity contribution in [2.24, 2.45) is 0 Å². The number of amides is 1. The number of carbonyl (C=O) groups is 1. The van der Waals surface area contributed by atoms with E-state index in [-0.39, 0.29) is 11.9 Å². The summed E-state index contributed by atoms with van der Waals surface area (Å²) in [5.74, 6) is 1.51. The maximum atomic E-state index is 12.1. The van der Waals surface area contributed by atoms with Crippen molar-refractivity contribution in [3.63, 3.8) is 0 Å². The molecule has 0 aromatic carbocycles. The van der Waals surface area contributed by atoms with Crippen molar-refractivity contribution in [2.45, 2.75) is 45.3 Å².